The van der Waals surface area contributed by atoms with E-state index in [4.69, 9.17) is 0 Å². The normalized spacial score (nSPS) is 11.3. The van der Waals surface area contributed by atoms with Crippen LogP contribution in [0.4, 0.5) is 10.5 Å². The van der Waals surface area contributed by atoms with E-state index >= 15 is 0 Å². The molecule has 2 amide bonds. The standard InChI is InChI=1S/C20H24N2O4S/c1-14(2)27(25,26)12-11-21-20(24)22-19-9-7-16(8-10-19)18-6-4-5-17(13-18)15(3)23/h4-10,13-14H,11-12H2,1-3H3,(H2,21,22,24). The molecule has 0 atom stereocenters. The van der Waals surface area contributed by atoms with Crippen LogP contribution in [0.1, 0.15) is 31.1 Å². The molecule has 0 heterocycles. The van der Waals surface area contributed by atoms with Crippen LogP contribution in [0, 0.1) is 0 Å². The zero-order valence-corrected chi connectivity index (χ0v) is 16.5. The van der Waals surface area contributed by atoms with Gasteiger partial charge in [0.2, 0.25) is 0 Å². The molecule has 2 aromatic rings. The second-order valence-electron chi connectivity index (χ2n) is 6.51. The van der Waals surface area contributed by atoms with E-state index in [-0.39, 0.29) is 18.1 Å². The molecule has 0 aliphatic heterocycles. The maximum Gasteiger partial charge on any atom is 0.319 e. The Morgan fingerprint density at radius 1 is 1.00 bits per heavy atom. The van der Waals surface area contributed by atoms with E-state index < -0.39 is 21.1 Å². The first-order valence-electron chi connectivity index (χ1n) is 8.67. The molecule has 2 rings (SSSR count). The Bertz CT molecular complexity index is 919. The quantitative estimate of drug-likeness (QED) is 0.710. The molecular formula is C20H24N2O4S. The van der Waals surface area contributed by atoms with Crippen LogP contribution in [-0.4, -0.2) is 37.8 Å². The van der Waals surface area contributed by atoms with Gasteiger partial charge in [-0.2, -0.15) is 0 Å². The number of urea groups is 1. The van der Waals surface area contributed by atoms with E-state index in [2.05, 4.69) is 10.6 Å². The van der Waals surface area contributed by atoms with Crippen molar-refractivity contribution in [2.75, 3.05) is 17.6 Å². The van der Waals surface area contributed by atoms with Gasteiger partial charge in [0.25, 0.3) is 0 Å². The van der Waals surface area contributed by atoms with Crippen LogP contribution >= 0.6 is 0 Å². The van der Waals surface area contributed by atoms with Crippen LogP contribution in [0.2, 0.25) is 0 Å². The fourth-order valence-corrected chi connectivity index (χ4v) is 3.24. The Kier molecular flexibility index (Phi) is 6.74. The van der Waals surface area contributed by atoms with E-state index in [1.54, 1.807) is 32.0 Å². The van der Waals surface area contributed by atoms with Gasteiger partial charge in [-0.25, -0.2) is 13.2 Å². The molecular weight excluding hydrogens is 364 g/mol. The summed E-state index contributed by atoms with van der Waals surface area (Å²) in [6.07, 6.45) is 0. The van der Waals surface area contributed by atoms with Crippen molar-refractivity contribution in [3.8, 4) is 11.1 Å². The molecule has 0 unspecified atom stereocenters. The van der Waals surface area contributed by atoms with Gasteiger partial charge in [0.1, 0.15) is 0 Å². The van der Waals surface area contributed by atoms with Gasteiger partial charge in [-0.15, -0.1) is 0 Å². The summed E-state index contributed by atoms with van der Waals surface area (Å²) in [5.74, 6) is -0.0879. The number of nitrogens with one attached hydrogen (secondary N) is 2. The van der Waals surface area contributed by atoms with Crippen LogP contribution < -0.4 is 10.6 Å². The van der Waals surface area contributed by atoms with Gasteiger partial charge in [0, 0.05) is 17.8 Å². The smallest absolute Gasteiger partial charge is 0.319 e. The topological polar surface area (TPSA) is 92.3 Å². The second kappa shape index (κ2) is 8.81. The molecule has 27 heavy (non-hydrogen) atoms. The molecule has 0 saturated carbocycles. The molecule has 0 bridgehead atoms. The van der Waals surface area contributed by atoms with E-state index in [1.807, 2.05) is 30.3 Å². The van der Waals surface area contributed by atoms with Crippen LogP contribution in [0.3, 0.4) is 0 Å². The number of rotatable bonds is 7. The summed E-state index contributed by atoms with van der Waals surface area (Å²) in [6.45, 7) is 4.81. The predicted octanol–water partition coefficient (Wildman–Crippen LogP) is 3.50. The minimum Gasteiger partial charge on any atom is -0.337 e. The summed E-state index contributed by atoms with van der Waals surface area (Å²) in [6, 6.07) is 14.1. The van der Waals surface area contributed by atoms with Crippen LogP contribution in [0.25, 0.3) is 11.1 Å². The zero-order chi connectivity index (χ0) is 20.0. The number of sulfone groups is 1. The first kappa shape index (κ1) is 20.6. The van der Waals surface area contributed by atoms with E-state index in [1.165, 1.54) is 6.92 Å². The summed E-state index contributed by atoms with van der Waals surface area (Å²) in [7, 11) is -3.18. The molecule has 2 N–H and O–H groups in total. The minimum absolute atomic E-state index is 0.00582. The van der Waals surface area contributed by atoms with Crippen LogP contribution in [-0.2, 0) is 9.84 Å². The van der Waals surface area contributed by atoms with Crippen molar-refractivity contribution in [2.24, 2.45) is 0 Å². The Morgan fingerprint density at radius 2 is 1.67 bits per heavy atom. The molecule has 7 heteroatoms. The highest BCUT2D eigenvalue weighted by Crippen LogP contribution is 2.22. The minimum atomic E-state index is -3.18. The molecule has 144 valence electrons. The van der Waals surface area contributed by atoms with Gasteiger partial charge in [0.15, 0.2) is 15.6 Å². The lowest BCUT2D eigenvalue weighted by molar-refractivity contribution is 0.101. The van der Waals surface area contributed by atoms with Crippen molar-refractivity contribution in [3.05, 3.63) is 54.1 Å². The molecule has 0 aromatic heterocycles. The lowest BCUT2D eigenvalue weighted by atomic mass is 10.0. The molecule has 2 aromatic carbocycles. The molecule has 0 aliphatic carbocycles. The Balaban J connectivity index is 1.95. The van der Waals surface area contributed by atoms with Crippen molar-refractivity contribution in [2.45, 2.75) is 26.0 Å². The number of Topliss-reactive ketones (excluding diaryl/α,β-unsaturated/α-hetero) is 1. The fraction of sp³-hybridized carbons (Fsp3) is 0.300. The average Bonchev–Trinajstić information content (AvgIpc) is 2.62. The number of carbonyl (C=O) groups is 2. The number of amides is 2. The lowest BCUT2D eigenvalue weighted by Gasteiger charge is -2.10. The third kappa shape index (κ3) is 5.92. The molecule has 0 spiro atoms. The second-order valence-corrected chi connectivity index (χ2v) is 9.19. The van der Waals surface area contributed by atoms with Crippen molar-refractivity contribution >= 4 is 27.3 Å². The Hall–Kier alpha value is -2.67. The monoisotopic (exact) mass is 388 g/mol. The van der Waals surface area contributed by atoms with Crippen molar-refractivity contribution in [1.29, 1.82) is 0 Å². The number of carbonyl (C=O) groups excluding carboxylic acids is 2. The number of benzene rings is 2. The predicted molar refractivity (Wildman–Crippen MR) is 108 cm³/mol. The molecule has 0 aliphatic rings. The fourth-order valence-electron chi connectivity index (χ4n) is 2.38. The van der Waals surface area contributed by atoms with Gasteiger partial charge in [-0.05, 0) is 50.1 Å². The molecule has 0 fully saturated rings. The zero-order valence-electron chi connectivity index (χ0n) is 15.7. The molecule has 0 radical (unpaired) electrons. The van der Waals surface area contributed by atoms with Crippen molar-refractivity contribution < 1.29 is 18.0 Å². The van der Waals surface area contributed by atoms with Crippen molar-refractivity contribution in [1.82, 2.24) is 5.32 Å². The number of hydrogen-bond acceptors (Lipinski definition) is 4. The third-order valence-corrected chi connectivity index (χ3v) is 6.35. The van der Waals surface area contributed by atoms with E-state index in [0.29, 0.717) is 11.3 Å². The summed E-state index contributed by atoms with van der Waals surface area (Å²) in [5, 5.41) is 4.75. The van der Waals surface area contributed by atoms with Crippen molar-refractivity contribution in [3.63, 3.8) is 0 Å². The first-order valence-corrected chi connectivity index (χ1v) is 10.4. The van der Waals surface area contributed by atoms with Gasteiger partial charge in [-0.3, -0.25) is 4.79 Å². The van der Waals surface area contributed by atoms with E-state index in [0.717, 1.165) is 11.1 Å². The van der Waals surface area contributed by atoms with Gasteiger partial charge < -0.3 is 10.6 Å². The summed E-state index contributed by atoms with van der Waals surface area (Å²) in [4.78, 5) is 23.4. The maximum absolute atomic E-state index is 11.9. The highest BCUT2D eigenvalue weighted by Gasteiger charge is 2.15. The Morgan fingerprint density at radius 3 is 2.26 bits per heavy atom. The summed E-state index contributed by atoms with van der Waals surface area (Å²) in [5.41, 5.74) is 3.07. The van der Waals surface area contributed by atoms with Crippen LogP contribution in [0.5, 0.6) is 0 Å². The summed E-state index contributed by atoms with van der Waals surface area (Å²) < 4.78 is 23.4. The molecule has 0 saturated heterocycles. The maximum atomic E-state index is 11.9. The van der Waals surface area contributed by atoms with Gasteiger partial charge in [-0.1, -0.05) is 30.3 Å². The molecule has 6 nitrogen and oxygen atoms in total. The lowest BCUT2D eigenvalue weighted by Crippen LogP contribution is -2.34. The largest absolute Gasteiger partial charge is 0.337 e. The highest BCUT2D eigenvalue weighted by molar-refractivity contribution is 7.92. The average molecular weight is 388 g/mol. The van der Waals surface area contributed by atoms with Crippen LogP contribution in [0.15, 0.2) is 48.5 Å². The number of anilines is 1. The SMILES string of the molecule is CC(=O)c1cccc(-c2ccc(NC(=O)NCCS(=O)(=O)C(C)C)cc2)c1. The number of ketones is 1. The first-order chi connectivity index (χ1) is 12.7. The third-order valence-electron chi connectivity index (χ3n) is 4.14. The number of hydrogen-bond donors (Lipinski definition) is 2. The summed E-state index contributed by atoms with van der Waals surface area (Å²) >= 11 is 0. The van der Waals surface area contributed by atoms with Gasteiger partial charge >= 0.3 is 6.03 Å². The highest BCUT2D eigenvalue weighted by atomic mass is 32.2. The Labute approximate surface area is 159 Å². The van der Waals surface area contributed by atoms with Gasteiger partial charge in [0.05, 0.1) is 11.0 Å². The van der Waals surface area contributed by atoms with E-state index in [9.17, 15) is 18.0 Å².